The molecule has 3 aromatic rings. The van der Waals surface area contributed by atoms with Gasteiger partial charge in [-0.3, -0.25) is 4.79 Å². The van der Waals surface area contributed by atoms with Crippen molar-refractivity contribution < 1.29 is 9.53 Å². The Hall–Kier alpha value is -3.34. The number of carbonyl (C=O) groups excluding carboxylic acids is 1. The van der Waals surface area contributed by atoms with E-state index in [0.717, 1.165) is 42.2 Å². The van der Waals surface area contributed by atoms with Crippen molar-refractivity contribution in [3.8, 4) is 5.75 Å². The topological polar surface area (TPSA) is 54.5 Å². The molecule has 0 bridgehead atoms. The van der Waals surface area contributed by atoms with Gasteiger partial charge in [0.05, 0.1) is 12.7 Å². The second-order valence-electron chi connectivity index (χ2n) is 6.79. The van der Waals surface area contributed by atoms with E-state index in [9.17, 15) is 4.79 Å². The lowest BCUT2D eigenvalue weighted by Gasteiger charge is -2.29. The summed E-state index contributed by atoms with van der Waals surface area (Å²) in [6.07, 6.45) is 3.64. The molecule has 0 saturated carbocycles. The molecule has 0 saturated heterocycles. The number of methoxy groups -OCH3 is 1. The van der Waals surface area contributed by atoms with Crippen molar-refractivity contribution >= 4 is 17.4 Å². The van der Waals surface area contributed by atoms with E-state index in [2.05, 4.69) is 16.4 Å². The molecule has 0 atom stereocenters. The van der Waals surface area contributed by atoms with Crippen LogP contribution in [0.1, 0.15) is 27.9 Å². The summed E-state index contributed by atoms with van der Waals surface area (Å²) in [5.41, 5.74) is 3.89. The Morgan fingerprint density at radius 2 is 1.93 bits per heavy atom. The molecule has 0 fully saturated rings. The number of nitrogens with one attached hydrogen (secondary N) is 1. The Balaban J connectivity index is 1.46. The molecule has 0 spiro atoms. The smallest absolute Gasteiger partial charge is 0.259 e. The molecule has 5 nitrogen and oxygen atoms in total. The predicted molar refractivity (Wildman–Crippen MR) is 111 cm³/mol. The summed E-state index contributed by atoms with van der Waals surface area (Å²) in [7, 11) is 1.66. The summed E-state index contributed by atoms with van der Waals surface area (Å²) < 4.78 is 5.37. The summed E-state index contributed by atoms with van der Waals surface area (Å²) >= 11 is 0. The monoisotopic (exact) mass is 373 g/mol. The van der Waals surface area contributed by atoms with Gasteiger partial charge in [0.2, 0.25) is 0 Å². The van der Waals surface area contributed by atoms with Gasteiger partial charge in [-0.1, -0.05) is 36.4 Å². The molecular weight excluding hydrogens is 350 g/mol. The Kier molecular flexibility index (Phi) is 5.24. The van der Waals surface area contributed by atoms with Crippen LogP contribution in [0.3, 0.4) is 0 Å². The molecule has 0 radical (unpaired) electrons. The van der Waals surface area contributed by atoms with Crippen LogP contribution in [0.25, 0.3) is 0 Å². The Bertz CT molecular complexity index is 970. The van der Waals surface area contributed by atoms with Crippen molar-refractivity contribution in [2.45, 2.75) is 19.4 Å². The lowest BCUT2D eigenvalue weighted by atomic mass is 10.0. The van der Waals surface area contributed by atoms with Gasteiger partial charge in [-0.2, -0.15) is 0 Å². The highest BCUT2D eigenvalue weighted by Crippen LogP contribution is 2.28. The number of ether oxygens (including phenoxy) is 1. The van der Waals surface area contributed by atoms with Gasteiger partial charge in [0.25, 0.3) is 5.91 Å². The van der Waals surface area contributed by atoms with Gasteiger partial charge >= 0.3 is 0 Å². The van der Waals surface area contributed by atoms with Crippen molar-refractivity contribution in [2.75, 3.05) is 23.9 Å². The molecule has 142 valence electrons. The van der Waals surface area contributed by atoms with E-state index < -0.39 is 0 Å². The number of hydrogen-bond donors (Lipinski definition) is 1. The Labute approximate surface area is 165 Å². The average molecular weight is 373 g/mol. The van der Waals surface area contributed by atoms with Crippen molar-refractivity contribution in [2.24, 2.45) is 0 Å². The molecule has 1 N–H and O–H groups in total. The number of carbonyl (C=O) groups is 1. The number of anilines is 2. The van der Waals surface area contributed by atoms with Gasteiger partial charge in [0.15, 0.2) is 0 Å². The minimum Gasteiger partial charge on any atom is -0.496 e. The lowest BCUT2D eigenvalue weighted by Crippen LogP contribution is -2.35. The van der Waals surface area contributed by atoms with Gasteiger partial charge in [-0.15, -0.1) is 0 Å². The van der Waals surface area contributed by atoms with E-state index in [1.807, 2.05) is 59.5 Å². The molecule has 1 aromatic heterocycles. The second kappa shape index (κ2) is 8.13. The summed E-state index contributed by atoms with van der Waals surface area (Å²) in [5.74, 6) is 1.56. The molecule has 5 heteroatoms. The van der Waals surface area contributed by atoms with Crippen LogP contribution in [0.2, 0.25) is 0 Å². The standard InChI is InChI=1S/C23H23N3O2/c1-28-21-11-5-3-8-18(21)15-24-22-13-12-19(16-25-22)23(27)26-14-6-9-17-7-2-4-10-20(17)26/h2-5,7-8,10-13,16H,6,9,14-15H2,1H3,(H,24,25). The molecule has 1 amide bonds. The average Bonchev–Trinajstić information content (AvgIpc) is 2.77. The highest BCUT2D eigenvalue weighted by Gasteiger charge is 2.23. The van der Waals surface area contributed by atoms with Crippen molar-refractivity contribution in [1.82, 2.24) is 4.98 Å². The van der Waals surface area contributed by atoms with Crippen LogP contribution in [-0.4, -0.2) is 24.5 Å². The van der Waals surface area contributed by atoms with E-state index in [-0.39, 0.29) is 5.91 Å². The predicted octanol–water partition coefficient (Wildman–Crippen LogP) is 4.30. The van der Waals surface area contributed by atoms with E-state index in [0.29, 0.717) is 12.1 Å². The minimum absolute atomic E-state index is 0.00377. The molecule has 2 aromatic carbocycles. The number of amides is 1. The molecule has 4 rings (SSSR count). The maximum atomic E-state index is 13.0. The third-order valence-corrected chi connectivity index (χ3v) is 5.02. The van der Waals surface area contributed by atoms with Gasteiger partial charge in [-0.25, -0.2) is 4.98 Å². The van der Waals surface area contributed by atoms with Crippen LogP contribution in [0.15, 0.2) is 66.9 Å². The maximum Gasteiger partial charge on any atom is 0.259 e. The maximum absolute atomic E-state index is 13.0. The highest BCUT2D eigenvalue weighted by atomic mass is 16.5. The van der Waals surface area contributed by atoms with Crippen LogP contribution in [0.4, 0.5) is 11.5 Å². The first-order valence-electron chi connectivity index (χ1n) is 9.48. The number of pyridine rings is 1. The summed E-state index contributed by atoms with van der Waals surface area (Å²) in [6.45, 7) is 1.34. The van der Waals surface area contributed by atoms with E-state index >= 15 is 0 Å². The number of nitrogens with zero attached hydrogens (tertiary/aromatic N) is 2. The minimum atomic E-state index is -0.00377. The first-order valence-corrected chi connectivity index (χ1v) is 9.48. The van der Waals surface area contributed by atoms with Crippen LogP contribution >= 0.6 is 0 Å². The number of hydrogen-bond acceptors (Lipinski definition) is 4. The normalized spacial score (nSPS) is 13.0. The fourth-order valence-corrected chi connectivity index (χ4v) is 3.56. The fraction of sp³-hybridized carbons (Fsp3) is 0.217. The molecule has 2 heterocycles. The van der Waals surface area contributed by atoms with E-state index in [4.69, 9.17) is 4.74 Å². The van der Waals surface area contributed by atoms with E-state index in [1.165, 1.54) is 5.56 Å². The Morgan fingerprint density at radius 1 is 1.11 bits per heavy atom. The first-order chi connectivity index (χ1) is 13.8. The highest BCUT2D eigenvalue weighted by molar-refractivity contribution is 6.06. The van der Waals surface area contributed by atoms with Crippen molar-refractivity contribution in [3.63, 3.8) is 0 Å². The number of fused-ring (bicyclic) bond motifs is 1. The van der Waals surface area contributed by atoms with Crippen LogP contribution < -0.4 is 15.0 Å². The number of para-hydroxylation sites is 2. The first kappa shape index (κ1) is 18.0. The summed E-state index contributed by atoms with van der Waals surface area (Å²) in [4.78, 5) is 19.3. The second-order valence-corrected chi connectivity index (χ2v) is 6.79. The zero-order chi connectivity index (χ0) is 19.3. The summed E-state index contributed by atoms with van der Waals surface area (Å²) in [5, 5.41) is 3.28. The molecule has 0 unspecified atom stereocenters. The molecule has 1 aliphatic rings. The van der Waals surface area contributed by atoms with Crippen LogP contribution in [-0.2, 0) is 13.0 Å². The zero-order valence-electron chi connectivity index (χ0n) is 15.9. The molecular formula is C23H23N3O2. The van der Waals surface area contributed by atoms with Crippen molar-refractivity contribution in [3.05, 3.63) is 83.6 Å². The van der Waals surface area contributed by atoms with Gasteiger partial charge in [0.1, 0.15) is 11.6 Å². The number of rotatable bonds is 5. The molecule has 1 aliphatic heterocycles. The molecule has 0 aliphatic carbocycles. The fourth-order valence-electron chi connectivity index (χ4n) is 3.56. The quantitative estimate of drug-likeness (QED) is 0.725. The third kappa shape index (κ3) is 3.69. The van der Waals surface area contributed by atoms with E-state index in [1.54, 1.807) is 13.3 Å². The zero-order valence-corrected chi connectivity index (χ0v) is 15.9. The van der Waals surface area contributed by atoms with Crippen LogP contribution in [0.5, 0.6) is 5.75 Å². The summed E-state index contributed by atoms with van der Waals surface area (Å²) in [6, 6.07) is 19.7. The SMILES string of the molecule is COc1ccccc1CNc1ccc(C(=O)N2CCCc3ccccc32)cn1. The lowest BCUT2D eigenvalue weighted by molar-refractivity contribution is 0.0985. The number of aryl methyl sites for hydroxylation is 1. The largest absolute Gasteiger partial charge is 0.496 e. The van der Waals surface area contributed by atoms with Gasteiger partial charge < -0.3 is 15.0 Å². The number of benzene rings is 2. The van der Waals surface area contributed by atoms with Gasteiger partial charge in [0, 0.05) is 30.5 Å². The van der Waals surface area contributed by atoms with Crippen molar-refractivity contribution in [1.29, 1.82) is 0 Å². The number of aromatic nitrogens is 1. The third-order valence-electron chi connectivity index (χ3n) is 5.02. The van der Waals surface area contributed by atoms with Crippen LogP contribution in [0, 0.1) is 0 Å². The van der Waals surface area contributed by atoms with Gasteiger partial charge in [-0.05, 0) is 42.7 Å². The molecule has 28 heavy (non-hydrogen) atoms. The Morgan fingerprint density at radius 3 is 2.75 bits per heavy atom.